The molecule has 0 unspecified atom stereocenters. The van der Waals surface area contributed by atoms with E-state index < -0.39 is 15.4 Å². The molecule has 0 aromatic carbocycles. The molecule has 6 heteroatoms. The molecule has 1 aromatic rings. The van der Waals surface area contributed by atoms with E-state index in [0.717, 1.165) is 0 Å². The van der Waals surface area contributed by atoms with E-state index in [4.69, 9.17) is 5.73 Å². The second-order valence-corrected chi connectivity index (χ2v) is 6.84. The summed E-state index contributed by atoms with van der Waals surface area (Å²) in [4.78, 5) is 12.1. The first-order valence-electron chi connectivity index (χ1n) is 5.89. The number of hydrogen-bond acceptors (Lipinski definition) is 4. The molecule has 0 aliphatic heterocycles. The molecule has 0 radical (unpaired) electrons. The van der Waals surface area contributed by atoms with E-state index >= 15 is 0 Å². The molecule has 0 amide bonds. The predicted molar refractivity (Wildman–Crippen MR) is 72.7 cm³/mol. The number of rotatable bonds is 3. The largest absolute Gasteiger partial charge is 0.397 e. The topological polar surface area (TPSA) is 82.2 Å². The summed E-state index contributed by atoms with van der Waals surface area (Å²) in [5, 5.41) is 0. The van der Waals surface area contributed by atoms with Gasteiger partial charge in [0.1, 0.15) is 0 Å². The highest BCUT2D eigenvalue weighted by Gasteiger charge is 2.25. The van der Waals surface area contributed by atoms with Crippen molar-refractivity contribution in [3.63, 3.8) is 0 Å². The molecular weight excluding hydrogens is 252 g/mol. The Hall–Kier alpha value is -1.30. The molecule has 2 N–H and O–H groups in total. The third kappa shape index (κ3) is 2.16. The minimum atomic E-state index is -3.61. The van der Waals surface area contributed by atoms with E-state index in [2.05, 4.69) is 0 Å². The molecule has 18 heavy (non-hydrogen) atoms. The Balaban J connectivity index is 3.92. The average Bonchev–Trinajstić information content (AvgIpc) is 2.25. The Bertz CT molecular complexity index is 628. The number of anilines is 1. The molecule has 0 fully saturated rings. The van der Waals surface area contributed by atoms with Gasteiger partial charge < -0.3 is 10.3 Å². The molecular formula is C12H20N2O3S. The highest BCUT2D eigenvalue weighted by Crippen LogP contribution is 2.23. The number of pyridine rings is 1. The lowest BCUT2D eigenvalue weighted by molar-refractivity contribution is 0.546. The van der Waals surface area contributed by atoms with Crippen LogP contribution in [0.15, 0.2) is 9.69 Å². The lowest BCUT2D eigenvalue weighted by Crippen LogP contribution is -2.32. The van der Waals surface area contributed by atoms with Crippen LogP contribution in [0.4, 0.5) is 5.69 Å². The van der Waals surface area contributed by atoms with Crippen molar-refractivity contribution in [3.8, 4) is 0 Å². The Morgan fingerprint density at radius 3 is 2.17 bits per heavy atom. The van der Waals surface area contributed by atoms with Gasteiger partial charge in [-0.15, -0.1) is 0 Å². The zero-order chi connectivity index (χ0) is 14.2. The van der Waals surface area contributed by atoms with Gasteiger partial charge >= 0.3 is 0 Å². The summed E-state index contributed by atoms with van der Waals surface area (Å²) in [6, 6.07) is -0.109. The van der Waals surface area contributed by atoms with Crippen LogP contribution in [0, 0.1) is 13.8 Å². The first-order chi connectivity index (χ1) is 8.15. The van der Waals surface area contributed by atoms with Gasteiger partial charge in [0.25, 0.3) is 5.56 Å². The second kappa shape index (κ2) is 4.76. The Morgan fingerprint density at radius 1 is 1.28 bits per heavy atom. The van der Waals surface area contributed by atoms with Crippen molar-refractivity contribution >= 4 is 15.5 Å². The van der Waals surface area contributed by atoms with Gasteiger partial charge in [0.2, 0.25) is 0 Å². The SMILES string of the molecule is CCS(=O)(=O)c1c(N)c(C)c(C)n(C(C)C)c1=O. The fourth-order valence-electron chi connectivity index (χ4n) is 1.99. The van der Waals surface area contributed by atoms with Gasteiger partial charge in [-0.3, -0.25) is 4.79 Å². The molecule has 0 aliphatic rings. The van der Waals surface area contributed by atoms with Crippen LogP contribution in [0.1, 0.15) is 38.1 Å². The number of nitrogen functional groups attached to an aromatic ring is 1. The summed E-state index contributed by atoms with van der Waals surface area (Å²) in [7, 11) is -3.61. The second-order valence-electron chi connectivity index (χ2n) is 4.63. The van der Waals surface area contributed by atoms with Crippen LogP contribution in [-0.2, 0) is 9.84 Å². The lowest BCUT2D eigenvalue weighted by Gasteiger charge is -2.19. The lowest BCUT2D eigenvalue weighted by atomic mass is 10.1. The van der Waals surface area contributed by atoms with Crippen LogP contribution in [-0.4, -0.2) is 18.7 Å². The van der Waals surface area contributed by atoms with E-state index in [1.807, 2.05) is 13.8 Å². The minimum absolute atomic E-state index is 0.0799. The Morgan fingerprint density at radius 2 is 1.78 bits per heavy atom. The molecule has 0 saturated carbocycles. The van der Waals surface area contributed by atoms with Crippen LogP contribution >= 0.6 is 0 Å². The summed E-state index contributed by atoms with van der Waals surface area (Å²) in [5.74, 6) is -0.132. The van der Waals surface area contributed by atoms with Gasteiger partial charge in [0.05, 0.1) is 11.4 Å². The standard InChI is InChI=1S/C12H20N2O3S/c1-6-18(16,17)11-10(13)8(4)9(5)14(7(2)3)12(11)15/h7H,6,13H2,1-5H3. The highest BCUT2D eigenvalue weighted by atomic mass is 32.2. The van der Waals surface area contributed by atoms with Crippen molar-refractivity contribution in [3.05, 3.63) is 21.6 Å². The van der Waals surface area contributed by atoms with Gasteiger partial charge in [0, 0.05) is 11.7 Å². The Labute approximate surface area is 108 Å². The van der Waals surface area contributed by atoms with Crippen molar-refractivity contribution < 1.29 is 8.42 Å². The van der Waals surface area contributed by atoms with Crippen LogP contribution in [0.25, 0.3) is 0 Å². The predicted octanol–water partition coefficient (Wildman–Crippen LogP) is 1.42. The summed E-state index contributed by atoms with van der Waals surface area (Å²) >= 11 is 0. The third-order valence-electron chi connectivity index (χ3n) is 3.17. The first-order valence-corrected chi connectivity index (χ1v) is 7.54. The van der Waals surface area contributed by atoms with Gasteiger partial charge in [-0.1, -0.05) is 6.92 Å². The normalized spacial score (nSPS) is 12.1. The van der Waals surface area contributed by atoms with Gasteiger partial charge in [0.15, 0.2) is 14.7 Å². The molecule has 1 heterocycles. The van der Waals surface area contributed by atoms with Crippen LogP contribution in [0.2, 0.25) is 0 Å². The van der Waals surface area contributed by atoms with E-state index in [1.54, 1.807) is 13.8 Å². The van der Waals surface area contributed by atoms with Crippen molar-refractivity contribution in [2.75, 3.05) is 11.5 Å². The molecule has 5 nitrogen and oxygen atoms in total. The molecule has 102 valence electrons. The molecule has 1 aromatic heterocycles. The third-order valence-corrected chi connectivity index (χ3v) is 4.95. The molecule has 0 saturated heterocycles. The van der Waals surface area contributed by atoms with Crippen molar-refractivity contribution in [2.24, 2.45) is 0 Å². The molecule has 0 spiro atoms. The van der Waals surface area contributed by atoms with Gasteiger partial charge in [-0.05, 0) is 33.3 Å². The van der Waals surface area contributed by atoms with Crippen LogP contribution in [0.5, 0.6) is 0 Å². The van der Waals surface area contributed by atoms with E-state index in [9.17, 15) is 13.2 Å². The minimum Gasteiger partial charge on any atom is -0.397 e. The van der Waals surface area contributed by atoms with Crippen molar-refractivity contribution in [1.29, 1.82) is 0 Å². The molecule has 0 bridgehead atoms. The first kappa shape index (κ1) is 14.8. The molecule has 1 rings (SSSR count). The number of hydrogen-bond donors (Lipinski definition) is 1. The van der Waals surface area contributed by atoms with Crippen LogP contribution < -0.4 is 11.3 Å². The summed E-state index contributed by atoms with van der Waals surface area (Å²) < 4.78 is 25.5. The van der Waals surface area contributed by atoms with E-state index in [-0.39, 0.29) is 22.4 Å². The average molecular weight is 272 g/mol. The number of sulfone groups is 1. The van der Waals surface area contributed by atoms with E-state index in [0.29, 0.717) is 11.3 Å². The number of aromatic nitrogens is 1. The van der Waals surface area contributed by atoms with Crippen molar-refractivity contribution in [1.82, 2.24) is 4.57 Å². The smallest absolute Gasteiger partial charge is 0.271 e. The number of nitrogens with two attached hydrogens (primary N) is 1. The zero-order valence-corrected chi connectivity index (χ0v) is 12.3. The Kier molecular flexibility index (Phi) is 3.90. The highest BCUT2D eigenvalue weighted by molar-refractivity contribution is 7.91. The summed E-state index contributed by atoms with van der Waals surface area (Å²) in [6.07, 6.45) is 0. The fourth-order valence-corrected chi connectivity index (χ4v) is 3.13. The van der Waals surface area contributed by atoms with Gasteiger partial charge in [-0.25, -0.2) is 8.42 Å². The molecule has 0 aliphatic carbocycles. The summed E-state index contributed by atoms with van der Waals surface area (Å²) in [5.41, 5.74) is 6.74. The molecule has 0 atom stereocenters. The number of nitrogens with zero attached hydrogens (tertiary/aromatic N) is 1. The van der Waals surface area contributed by atoms with Crippen molar-refractivity contribution in [2.45, 2.75) is 45.6 Å². The summed E-state index contributed by atoms with van der Waals surface area (Å²) in [6.45, 7) is 8.69. The monoisotopic (exact) mass is 272 g/mol. The quantitative estimate of drug-likeness (QED) is 0.902. The maximum atomic E-state index is 12.3. The zero-order valence-electron chi connectivity index (χ0n) is 11.4. The van der Waals surface area contributed by atoms with E-state index in [1.165, 1.54) is 11.5 Å². The fraction of sp³-hybridized carbons (Fsp3) is 0.583. The maximum Gasteiger partial charge on any atom is 0.271 e. The van der Waals surface area contributed by atoms with Crippen LogP contribution in [0.3, 0.4) is 0 Å². The van der Waals surface area contributed by atoms with Gasteiger partial charge in [-0.2, -0.15) is 0 Å². The maximum absolute atomic E-state index is 12.3.